The van der Waals surface area contributed by atoms with Gasteiger partial charge in [-0.2, -0.15) is 0 Å². The molecule has 0 aliphatic rings. The monoisotopic (exact) mass is 269 g/mol. The fraction of sp³-hybridized carbons (Fsp3) is 0.188. The van der Waals surface area contributed by atoms with Gasteiger partial charge in [-0.25, -0.2) is 4.79 Å². The van der Waals surface area contributed by atoms with Crippen molar-refractivity contribution >= 4 is 17.4 Å². The molecule has 104 valence electrons. The van der Waals surface area contributed by atoms with E-state index in [1.54, 1.807) is 24.3 Å². The average Bonchev–Trinajstić information content (AvgIpc) is 2.47. The molecule has 2 rings (SSSR count). The number of hydrogen-bond donors (Lipinski definition) is 3. The number of nitrogen functional groups attached to an aromatic ring is 1. The third-order valence-electron chi connectivity index (χ3n) is 2.94. The van der Waals surface area contributed by atoms with Gasteiger partial charge < -0.3 is 16.4 Å². The van der Waals surface area contributed by atoms with Crippen LogP contribution in [0.2, 0.25) is 0 Å². The largest absolute Gasteiger partial charge is 0.399 e. The first-order valence-electron chi connectivity index (χ1n) is 6.68. The SMILES string of the molecule is Nc1ccc(NC(=O)NCCCc2ccccc2)cc1. The maximum Gasteiger partial charge on any atom is 0.319 e. The third kappa shape index (κ3) is 4.65. The molecule has 4 N–H and O–H groups in total. The van der Waals surface area contributed by atoms with E-state index in [-0.39, 0.29) is 6.03 Å². The fourth-order valence-electron chi connectivity index (χ4n) is 1.88. The topological polar surface area (TPSA) is 67.1 Å². The zero-order valence-electron chi connectivity index (χ0n) is 11.3. The van der Waals surface area contributed by atoms with Crippen molar-refractivity contribution in [2.45, 2.75) is 12.8 Å². The molecule has 0 fully saturated rings. The summed E-state index contributed by atoms with van der Waals surface area (Å²) in [5.74, 6) is 0. The van der Waals surface area contributed by atoms with Crippen LogP contribution in [-0.2, 0) is 6.42 Å². The highest BCUT2D eigenvalue weighted by Gasteiger charge is 2.00. The quantitative estimate of drug-likeness (QED) is 0.577. The molecule has 0 unspecified atom stereocenters. The number of hydrogen-bond acceptors (Lipinski definition) is 2. The molecule has 0 radical (unpaired) electrons. The number of benzene rings is 2. The molecule has 0 aliphatic carbocycles. The summed E-state index contributed by atoms with van der Waals surface area (Å²) in [5, 5.41) is 5.60. The molecule has 2 aromatic rings. The van der Waals surface area contributed by atoms with E-state index in [0.29, 0.717) is 12.2 Å². The number of carbonyl (C=O) groups is 1. The van der Waals surface area contributed by atoms with Crippen molar-refractivity contribution in [1.82, 2.24) is 5.32 Å². The number of nitrogens with two attached hydrogens (primary N) is 1. The number of nitrogens with one attached hydrogen (secondary N) is 2. The predicted octanol–water partition coefficient (Wildman–Crippen LogP) is 3.02. The van der Waals surface area contributed by atoms with Crippen molar-refractivity contribution < 1.29 is 4.79 Å². The van der Waals surface area contributed by atoms with E-state index in [1.807, 2.05) is 18.2 Å². The van der Waals surface area contributed by atoms with Crippen LogP contribution in [0.15, 0.2) is 54.6 Å². The Balaban J connectivity index is 1.66. The van der Waals surface area contributed by atoms with Gasteiger partial charge in [0.2, 0.25) is 0 Å². The zero-order chi connectivity index (χ0) is 14.2. The highest BCUT2D eigenvalue weighted by atomic mass is 16.2. The van der Waals surface area contributed by atoms with E-state index in [1.165, 1.54) is 5.56 Å². The molecular weight excluding hydrogens is 250 g/mol. The van der Waals surface area contributed by atoms with Gasteiger partial charge in [0, 0.05) is 17.9 Å². The van der Waals surface area contributed by atoms with Crippen molar-refractivity contribution in [2.24, 2.45) is 0 Å². The van der Waals surface area contributed by atoms with Crippen molar-refractivity contribution in [1.29, 1.82) is 0 Å². The van der Waals surface area contributed by atoms with Crippen LogP contribution in [0, 0.1) is 0 Å². The summed E-state index contributed by atoms with van der Waals surface area (Å²) >= 11 is 0. The summed E-state index contributed by atoms with van der Waals surface area (Å²) in [4.78, 5) is 11.7. The Kier molecular flexibility index (Phi) is 5.00. The molecule has 0 spiro atoms. The number of carbonyl (C=O) groups excluding carboxylic acids is 1. The molecule has 0 aromatic heterocycles. The number of rotatable bonds is 5. The Labute approximate surface area is 119 Å². The lowest BCUT2D eigenvalue weighted by Crippen LogP contribution is -2.29. The Morgan fingerprint density at radius 2 is 1.70 bits per heavy atom. The van der Waals surface area contributed by atoms with E-state index >= 15 is 0 Å². The minimum atomic E-state index is -0.192. The van der Waals surface area contributed by atoms with Crippen LogP contribution >= 0.6 is 0 Å². The normalized spacial score (nSPS) is 10.0. The van der Waals surface area contributed by atoms with Gasteiger partial charge in [-0.1, -0.05) is 30.3 Å². The molecule has 4 nitrogen and oxygen atoms in total. The fourth-order valence-corrected chi connectivity index (χ4v) is 1.88. The minimum absolute atomic E-state index is 0.192. The van der Waals surface area contributed by atoms with E-state index in [9.17, 15) is 4.79 Å². The van der Waals surface area contributed by atoms with Gasteiger partial charge in [-0.15, -0.1) is 0 Å². The Morgan fingerprint density at radius 3 is 2.40 bits per heavy atom. The van der Waals surface area contributed by atoms with Crippen LogP contribution in [-0.4, -0.2) is 12.6 Å². The summed E-state index contributed by atoms with van der Waals surface area (Å²) in [5.41, 5.74) is 8.28. The van der Waals surface area contributed by atoms with Crippen LogP contribution in [0.25, 0.3) is 0 Å². The first-order valence-corrected chi connectivity index (χ1v) is 6.68. The van der Waals surface area contributed by atoms with Crippen LogP contribution < -0.4 is 16.4 Å². The molecule has 0 heterocycles. The summed E-state index contributed by atoms with van der Waals surface area (Å²) in [7, 11) is 0. The molecule has 2 amide bonds. The Bertz CT molecular complexity index is 537. The molecule has 0 aliphatic heterocycles. The molecule has 20 heavy (non-hydrogen) atoms. The van der Waals surface area contributed by atoms with Crippen molar-refractivity contribution in [2.75, 3.05) is 17.6 Å². The maximum absolute atomic E-state index is 11.7. The second-order valence-electron chi connectivity index (χ2n) is 4.59. The minimum Gasteiger partial charge on any atom is -0.399 e. The van der Waals surface area contributed by atoms with Gasteiger partial charge in [0.15, 0.2) is 0 Å². The van der Waals surface area contributed by atoms with E-state index in [2.05, 4.69) is 22.8 Å². The molecule has 4 heteroatoms. The predicted molar refractivity (Wildman–Crippen MR) is 82.6 cm³/mol. The summed E-state index contributed by atoms with van der Waals surface area (Å²) in [6, 6.07) is 17.1. The zero-order valence-corrected chi connectivity index (χ0v) is 11.3. The van der Waals surface area contributed by atoms with Crippen LogP contribution in [0.3, 0.4) is 0 Å². The van der Waals surface area contributed by atoms with Gasteiger partial charge in [0.25, 0.3) is 0 Å². The van der Waals surface area contributed by atoms with Crippen LogP contribution in [0.5, 0.6) is 0 Å². The number of urea groups is 1. The number of aryl methyl sites for hydroxylation is 1. The number of anilines is 2. The summed E-state index contributed by atoms with van der Waals surface area (Å²) in [6.45, 7) is 0.649. The van der Waals surface area contributed by atoms with Crippen molar-refractivity contribution in [3.63, 3.8) is 0 Å². The Hall–Kier alpha value is -2.49. The summed E-state index contributed by atoms with van der Waals surface area (Å²) in [6.07, 6.45) is 1.88. The maximum atomic E-state index is 11.7. The lowest BCUT2D eigenvalue weighted by atomic mass is 10.1. The molecule has 0 bridgehead atoms. The van der Waals surface area contributed by atoms with Gasteiger partial charge >= 0.3 is 6.03 Å². The molecule has 0 saturated heterocycles. The van der Waals surface area contributed by atoms with Gasteiger partial charge in [-0.3, -0.25) is 0 Å². The van der Waals surface area contributed by atoms with Crippen molar-refractivity contribution in [3.8, 4) is 0 Å². The molecule has 0 saturated carbocycles. The first-order chi connectivity index (χ1) is 9.74. The molecule has 0 atom stereocenters. The van der Waals surface area contributed by atoms with Crippen LogP contribution in [0.1, 0.15) is 12.0 Å². The molecular formula is C16H19N3O. The van der Waals surface area contributed by atoms with Gasteiger partial charge in [-0.05, 0) is 42.7 Å². The average molecular weight is 269 g/mol. The lowest BCUT2D eigenvalue weighted by molar-refractivity contribution is 0.252. The Morgan fingerprint density at radius 1 is 1.00 bits per heavy atom. The van der Waals surface area contributed by atoms with E-state index in [0.717, 1.165) is 18.5 Å². The standard InChI is InChI=1S/C16H19N3O/c17-14-8-10-15(11-9-14)19-16(20)18-12-4-7-13-5-2-1-3-6-13/h1-3,5-6,8-11H,4,7,12,17H2,(H2,18,19,20). The smallest absolute Gasteiger partial charge is 0.319 e. The summed E-state index contributed by atoms with van der Waals surface area (Å²) < 4.78 is 0. The van der Waals surface area contributed by atoms with Gasteiger partial charge in [0.05, 0.1) is 0 Å². The highest BCUT2D eigenvalue weighted by Crippen LogP contribution is 2.10. The molecule has 2 aromatic carbocycles. The van der Waals surface area contributed by atoms with Crippen LogP contribution in [0.4, 0.5) is 16.2 Å². The van der Waals surface area contributed by atoms with Gasteiger partial charge in [0.1, 0.15) is 0 Å². The van der Waals surface area contributed by atoms with E-state index in [4.69, 9.17) is 5.73 Å². The third-order valence-corrected chi connectivity index (χ3v) is 2.94. The number of amides is 2. The first kappa shape index (κ1) is 13.9. The second kappa shape index (κ2) is 7.19. The second-order valence-corrected chi connectivity index (χ2v) is 4.59. The van der Waals surface area contributed by atoms with Crippen molar-refractivity contribution in [3.05, 3.63) is 60.2 Å². The lowest BCUT2D eigenvalue weighted by Gasteiger charge is -2.07. The highest BCUT2D eigenvalue weighted by molar-refractivity contribution is 5.89. The van der Waals surface area contributed by atoms with E-state index < -0.39 is 0 Å².